The number of benzene rings is 1. The van der Waals surface area contributed by atoms with E-state index >= 15 is 0 Å². The molecule has 0 aliphatic heterocycles. The number of ether oxygens (including phenoxy) is 1. The molecule has 112 valence electrons. The van der Waals surface area contributed by atoms with Gasteiger partial charge in [0.25, 0.3) is 0 Å². The van der Waals surface area contributed by atoms with Gasteiger partial charge in [0, 0.05) is 17.0 Å². The lowest BCUT2D eigenvalue weighted by atomic mass is 10.0. The summed E-state index contributed by atoms with van der Waals surface area (Å²) >= 11 is 5.43. The molecule has 0 bridgehead atoms. The Hall–Kier alpha value is -0.840. The van der Waals surface area contributed by atoms with Crippen LogP contribution in [0.1, 0.15) is 42.3 Å². The Kier molecular flexibility index (Phi) is 4.67. The molecule has 2 unspecified atom stereocenters. The largest absolute Gasteiger partial charge is 0.496 e. The quantitative estimate of drug-likeness (QED) is 0.747. The number of hydrogen-bond acceptors (Lipinski definition) is 3. The van der Waals surface area contributed by atoms with Gasteiger partial charge in [-0.25, -0.2) is 0 Å². The molecule has 1 aromatic heterocycles. The van der Waals surface area contributed by atoms with Crippen LogP contribution in [0.4, 0.5) is 0 Å². The lowest BCUT2D eigenvalue weighted by Gasteiger charge is -2.23. The molecule has 0 amide bonds. The summed E-state index contributed by atoms with van der Waals surface area (Å²) in [6.07, 6.45) is 2.68. The maximum absolute atomic E-state index is 5.30. The number of rotatable bonds is 6. The molecule has 4 heteroatoms. The molecule has 1 N–H and O–H groups in total. The zero-order valence-electron chi connectivity index (χ0n) is 12.3. The second-order valence-corrected chi connectivity index (χ2v) is 7.45. The SMILES string of the molecule is COc1ccc(C(C)NC(c2cccs2)C2CC2)cc1Br. The van der Waals surface area contributed by atoms with Gasteiger partial charge in [-0.3, -0.25) is 0 Å². The molecule has 1 fully saturated rings. The van der Waals surface area contributed by atoms with Gasteiger partial charge in [-0.05, 0) is 70.8 Å². The minimum absolute atomic E-state index is 0.319. The monoisotopic (exact) mass is 365 g/mol. The number of nitrogens with one attached hydrogen (secondary N) is 1. The highest BCUT2D eigenvalue weighted by molar-refractivity contribution is 9.10. The van der Waals surface area contributed by atoms with E-state index in [4.69, 9.17) is 4.74 Å². The molecule has 2 aromatic rings. The van der Waals surface area contributed by atoms with Crippen molar-refractivity contribution in [2.45, 2.75) is 31.8 Å². The van der Waals surface area contributed by atoms with Crippen LogP contribution in [0.25, 0.3) is 0 Å². The van der Waals surface area contributed by atoms with Crippen molar-refractivity contribution in [2.75, 3.05) is 7.11 Å². The third-order valence-electron chi connectivity index (χ3n) is 4.05. The fraction of sp³-hybridized carbons (Fsp3) is 0.412. The van der Waals surface area contributed by atoms with Crippen molar-refractivity contribution >= 4 is 27.3 Å². The Labute approximate surface area is 138 Å². The van der Waals surface area contributed by atoms with Crippen molar-refractivity contribution in [3.63, 3.8) is 0 Å². The first-order valence-electron chi connectivity index (χ1n) is 7.32. The fourth-order valence-electron chi connectivity index (χ4n) is 2.67. The van der Waals surface area contributed by atoms with E-state index in [1.54, 1.807) is 7.11 Å². The van der Waals surface area contributed by atoms with Gasteiger partial charge in [-0.2, -0.15) is 0 Å². The average molecular weight is 366 g/mol. The minimum atomic E-state index is 0.319. The molecule has 2 nitrogen and oxygen atoms in total. The van der Waals surface area contributed by atoms with Crippen LogP contribution in [0.3, 0.4) is 0 Å². The number of hydrogen-bond donors (Lipinski definition) is 1. The Morgan fingerprint density at radius 2 is 2.14 bits per heavy atom. The molecule has 1 aliphatic rings. The van der Waals surface area contributed by atoms with Crippen LogP contribution < -0.4 is 10.1 Å². The van der Waals surface area contributed by atoms with Crippen LogP contribution in [-0.2, 0) is 0 Å². The van der Waals surface area contributed by atoms with E-state index in [2.05, 4.69) is 57.8 Å². The van der Waals surface area contributed by atoms with E-state index in [0.717, 1.165) is 16.1 Å². The maximum Gasteiger partial charge on any atom is 0.133 e. The molecule has 1 heterocycles. The summed E-state index contributed by atoms with van der Waals surface area (Å²) in [5.74, 6) is 1.68. The molecule has 3 rings (SSSR count). The lowest BCUT2D eigenvalue weighted by Crippen LogP contribution is -2.25. The number of methoxy groups -OCH3 is 1. The van der Waals surface area contributed by atoms with E-state index < -0.39 is 0 Å². The van der Waals surface area contributed by atoms with Crippen molar-refractivity contribution in [1.82, 2.24) is 5.32 Å². The highest BCUT2D eigenvalue weighted by Crippen LogP contribution is 2.43. The van der Waals surface area contributed by atoms with E-state index in [-0.39, 0.29) is 0 Å². The second kappa shape index (κ2) is 6.51. The Balaban J connectivity index is 1.75. The van der Waals surface area contributed by atoms with Crippen LogP contribution in [0.5, 0.6) is 5.75 Å². The molecule has 0 saturated heterocycles. The molecule has 0 spiro atoms. The first-order chi connectivity index (χ1) is 10.2. The second-order valence-electron chi connectivity index (χ2n) is 5.61. The summed E-state index contributed by atoms with van der Waals surface area (Å²) in [4.78, 5) is 1.46. The van der Waals surface area contributed by atoms with Crippen molar-refractivity contribution in [2.24, 2.45) is 5.92 Å². The van der Waals surface area contributed by atoms with Gasteiger partial charge >= 0.3 is 0 Å². The molecule has 2 atom stereocenters. The molecule has 1 aliphatic carbocycles. The van der Waals surface area contributed by atoms with Crippen molar-refractivity contribution in [3.05, 3.63) is 50.6 Å². The van der Waals surface area contributed by atoms with Gasteiger partial charge in [0.15, 0.2) is 0 Å². The Bertz CT molecular complexity index is 595. The van der Waals surface area contributed by atoms with Gasteiger partial charge in [-0.1, -0.05) is 12.1 Å². The standard InChI is InChI=1S/C17H20BrNOS/c1-11(13-7-8-15(20-2)14(18)10-13)19-17(12-5-6-12)16-4-3-9-21-16/h3-4,7-12,17,19H,5-6H2,1-2H3. The van der Waals surface area contributed by atoms with Crippen LogP contribution in [0.15, 0.2) is 40.2 Å². The molecule has 1 saturated carbocycles. The normalized spacial score (nSPS) is 17.5. The van der Waals surface area contributed by atoms with Crippen molar-refractivity contribution < 1.29 is 4.74 Å². The summed E-state index contributed by atoms with van der Waals surface area (Å²) in [5.41, 5.74) is 1.28. The summed E-state index contributed by atoms with van der Waals surface area (Å²) in [6.45, 7) is 2.23. The van der Waals surface area contributed by atoms with Crippen LogP contribution in [-0.4, -0.2) is 7.11 Å². The minimum Gasteiger partial charge on any atom is -0.496 e. The maximum atomic E-state index is 5.30. The Morgan fingerprint density at radius 1 is 1.33 bits per heavy atom. The van der Waals surface area contributed by atoms with Gasteiger partial charge in [0.1, 0.15) is 5.75 Å². The van der Waals surface area contributed by atoms with Crippen LogP contribution >= 0.6 is 27.3 Å². The smallest absolute Gasteiger partial charge is 0.133 e. The first-order valence-corrected chi connectivity index (χ1v) is 8.99. The first kappa shape index (κ1) is 15.1. The molecular formula is C17H20BrNOS. The molecule has 21 heavy (non-hydrogen) atoms. The van der Waals surface area contributed by atoms with Gasteiger partial charge in [0.2, 0.25) is 0 Å². The van der Waals surface area contributed by atoms with Crippen LogP contribution in [0, 0.1) is 5.92 Å². The van der Waals surface area contributed by atoms with E-state index in [9.17, 15) is 0 Å². The molecular weight excluding hydrogens is 346 g/mol. The predicted molar refractivity (Wildman–Crippen MR) is 92.0 cm³/mol. The fourth-order valence-corrected chi connectivity index (χ4v) is 4.10. The number of halogens is 1. The van der Waals surface area contributed by atoms with Gasteiger partial charge in [-0.15, -0.1) is 11.3 Å². The Morgan fingerprint density at radius 3 is 2.71 bits per heavy atom. The van der Waals surface area contributed by atoms with E-state index in [0.29, 0.717) is 12.1 Å². The van der Waals surface area contributed by atoms with Gasteiger partial charge < -0.3 is 10.1 Å². The van der Waals surface area contributed by atoms with Crippen molar-refractivity contribution in [1.29, 1.82) is 0 Å². The summed E-state index contributed by atoms with van der Waals surface area (Å²) in [5, 5.41) is 5.98. The highest BCUT2D eigenvalue weighted by Gasteiger charge is 2.33. The van der Waals surface area contributed by atoms with Crippen molar-refractivity contribution in [3.8, 4) is 5.75 Å². The summed E-state index contributed by atoms with van der Waals surface area (Å²) in [7, 11) is 1.70. The zero-order valence-corrected chi connectivity index (χ0v) is 14.7. The van der Waals surface area contributed by atoms with E-state index in [1.165, 1.54) is 23.3 Å². The highest BCUT2D eigenvalue weighted by atomic mass is 79.9. The summed E-state index contributed by atoms with van der Waals surface area (Å²) < 4.78 is 6.31. The van der Waals surface area contributed by atoms with E-state index in [1.807, 2.05) is 17.4 Å². The average Bonchev–Trinajstić information content (AvgIpc) is 3.18. The van der Waals surface area contributed by atoms with Crippen LogP contribution in [0.2, 0.25) is 0 Å². The lowest BCUT2D eigenvalue weighted by molar-refractivity contribution is 0.410. The third kappa shape index (κ3) is 3.50. The summed E-state index contributed by atoms with van der Waals surface area (Å²) in [6, 6.07) is 11.5. The van der Waals surface area contributed by atoms with Gasteiger partial charge in [0.05, 0.1) is 11.6 Å². The zero-order chi connectivity index (χ0) is 14.8. The predicted octanol–water partition coefficient (Wildman–Crippen LogP) is 5.32. The molecule has 0 radical (unpaired) electrons. The number of thiophene rings is 1. The molecule has 1 aromatic carbocycles. The third-order valence-corrected chi connectivity index (χ3v) is 5.62. The topological polar surface area (TPSA) is 21.3 Å².